The van der Waals surface area contributed by atoms with Gasteiger partial charge in [-0.1, -0.05) is 86.4 Å². The maximum Gasteiger partial charge on any atom is 0.246 e. The summed E-state index contributed by atoms with van der Waals surface area (Å²) in [5.41, 5.74) is 0.101. The van der Waals surface area contributed by atoms with E-state index in [1.54, 1.807) is 0 Å². The zero-order valence-corrected chi connectivity index (χ0v) is 23.0. The average Bonchev–Trinajstić information content (AvgIpc) is 3.65. The van der Waals surface area contributed by atoms with E-state index < -0.39 is 17.1 Å². The van der Waals surface area contributed by atoms with Crippen LogP contribution in [0.3, 0.4) is 0 Å². The van der Waals surface area contributed by atoms with Crippen molar-refractivity contribution in [2.75, 3.05) is 19.7 Å². The van der Waals surface area contributed by atoms with Gasteiger partial charge in [0.15, 0.2) is 0 Å². The molecule has 8 heteroatoms. The van der Waals surface area contributed by atoms with Crippen molar-refractivity contribution in [3.8, 4) is 5.75 Å². The lowest BCUT2D eigenvalue weighted by Gasteiger charge is -2.36. The predicted octanol–water partition coefficient (Wildman–Crippen LogP) is 3.27. The molecule has 2 spiro atoms. The highest BCUT2D eigenvalue weighted by Crippen LogP contribution is 2.34. The normalized spacial score (nSPS) is 23.4. The highest BCUT2D eigenvalue weighted by molar-refractivity contribution is 5.97. The SMILES string of the molecule is O=C1NCC=Cc2ccccc2OCCNC2(CCCC2)C(=O)NC2(CCCC2)C(=O)N[C@H]1Cc1ccccc1. The lowest BCUT2D eigenvalue weighted by molar-refractivity contribution is -0.138. The number of hydrogen-bond donors (Lipinski definition) is 4. The number of carbonyl (C=O) groups is 3. The topological polar surface area (TPSA) is 109 Å². The fraction of sp³-hybridized carbons (Fsp3) is 0.469. The maximum atomic E-state index is 13.9. The third-order valence-corrected chi connectivity index (χ3v) is 8.47. The third-order valence-electron chi connectivity index (χ3n) is 8.47. The van der Waals surface area contributed by atoms with E-state index in [2.05, 4.69) is 21.3 Å². The van der Waals surface area contributed by atoms with Gasteiger partial charge in [-0.2, -0.15) is 0 Å². The summed E-state index contributed by atoms with van der Waals surface area (Å²) in [6, 6.07) is 16.6. The van der Waals surface area contributed by atoms with E-state index in [0.29, 0.717) is 39.0 Å². The molecular weight excluding hydrogens is 504 g/mol. The summed E-state index contributed by atoms with van der Waals surface area (Å²) in [4.78, 5) is 41.2. The Morgan fingerprint density at radius 2 is 1.48 bits per heavy atom. The van der Waals surface area contributed by atoms with Gasteiger partial charge < -0.3 is 20.7 Å². The highest BCUT2D eigenvalue weighted by Gasteiger charge is 2.49. The van der Waals surface area contributed by atoms with Crippen molar-refractivity contribution in [3.63, 3.8) is 0 Å². The first-order chi connectivity index (χ1) is 19.5. The smallest absolute Gasteiger partial charge is 0.246 e. The minimum atomic E-state index is -1.02. The maximum absolute atomic E-state index is 13.9. The number of amides is 3. The van der Waals surface area contributed by atoms with E-state index >= 15 is 0 Å². The summed E-state index contributed by atoms with van der Waals surface area (Å²) in [6.45, 7) is 1.23. The third kappa shape index (κ3) is 6.39. The van der Waals surface area contributed by atoms with Crippen molar-refractivity contribution in [3.05, 3.63) is 71.8 Å². The summed E-state index contributed by atoms with van der Waals surface area (Å²) in [5.74, 6) is 0.0741. The number of hydrogen-bond acceptors (Lipinski definition) is 5. The molecule has 1 heterocycles. The molecule has 2 saturated carbocycles. The van der Waals surface area contributed by atoms with Crippen molar-refractivity contribution in [1.82, 2.24) is 21.3 Å². The summed E-state index contributed by atoms with van der Waals surface area (Å²) in [5, 5.41) is 12.7. The molecule has 212 valence electrons. The second-order valence-corrected chi connectivity index (χ2v) is 11.2. The van der Waals surface area contributed by atoms with Crippen molar-refractivity contribution >= 4 is 23.8 Å². The minimum absolute atomic E-state index is 0.129. The molecule has 40 heavy (non-hydrogen) atoms. The van der Waals surface area contributed by atoms with Gasteiger partial charge in [-0.15, -0.1) is 0 Å². The number of para-hydroxylation sites is 1. The van der Waals surface area contributed by atoms with Crippen molar-refractivity contribution < 1.29 is 19.1 Å². The van der Waals surface area contributed by atoms with Crippen LogP contribution < -0.4 is 26.0 Å². The van der Waals surface area contributed by atoms with Crippen LogP contribution in [0.5, 0.6) is 5.75 Å². The van der Waals surface area contributed by atoms with Gasteiger partial charge in [-0.05, 0) is 37.3 Å². The zero-order valence-electron chi connectivity index (χ0n) is 23.0. The van der Waals surface area contributed by atoms with Crippen LogP contribution in [0.15, 0.2) is 60.7 Å². The molecule has 4 N–H and O–H groups in total. The molecule has 1 atom stereocenters. The number of benzene rings is 2. The van der Waals surface area contributed by atoms with Crippen LogP contribution in [0.1, 0.15) is 62.5 Å². The molecule has 2 aliphatic carbocycles. The lowest BCUT2D eigenvalue weighted by atomic mass is 9.90. The molecule has 0 saturated heterocycles. The molecule has 5 rings (SSSR count). The van der Waals surface area contributed by atoms with Crippen LogP contribution in [0.2, 0.25) is 0 Å². The van der Waals surface area contributed by atoms with Gasteiger partial charge in [0.1, 0.15) is 23.9 Å². The Bertz CT molecular complexity index is 1220. The van der Waals surface area contributed by atoms with Crippen molar-refractivity contribution in [2.24, 2.45) is 0 Å². The number of carbonyl (C=O) groups excluding carboxylic acids is 3. The first-order valence-electron chi connectivity index (χ1n) is 14.6. The van der Waals surface area contributed by atoms with Crippen molar-refractivity contribution in [2.45, 2.75) is 74.9 Å². The molecule has 0 unspecified atom stereocenters. The van der Waals surface area contributed by atoms with E-state index in [-0.39, 0.29) is 17.7 Å². The number of nitrogens with one attached hydrogen (secondary N) is 4. The standard InChI is InChI=1S/C32H40N4O4/c37-28-26(23-24-11-2-1-3-12-24)35-29(38)32(18-8-9-19-32)36-30(39)31(16-6-7-17-31)34-21-22-40-27-15-5-4-13-25(27)14-10-20-33-28/h1-5,10-15,26,34H,6-9,16-23H2,(H,33,37)(H,35,38)(H,36,39)/t26-/m0/s1. The van der Waals surface area contributed by atoms with Gasteiger partial charge in [0.2, 0.25) is 17.7 Å². The number of rotatable bonds is 2. The quantitative estimate of drug-likeness (QED) is 0.464. The Kier molecular flexibility index (Phi) is 8.85. The first-order valence-corrected chi connectivity index (χ1v) is 14.6. The Morgan fingerprint density at radius 1 is 0.800 bits per heavy atom. The van der Waals surface area contributed by atoms with Gasteiger partial charge in [-0.3, -0.25) is 19.7 Å². The van der Waals surface area contributed by atoms with Crippen LogP contribution in [-0.2, 0) is 20.8 Å². The second-order valence-electron chi connectivity index (χ2n) is 11.2. The monoisotopic (exact) mass is 544 g/mol. The van der Waals surface area contributed by atoms with Crippen LogP contribution in [0.25, 0.3) is 6.08 Å². The highest BCUT2D eigenvalue weighted by atomic mass is 16.5. The summed E-state index contributed by atoms with van der Waals surface area (Å²) >= 11 is 0. The number of fused-ring (bicyclic) bond motifs is 1. The van der Waals surface area contributed by atoms with E-state index in [4.69, 9.17) is 4.74 Å². The molecule has 1 aliphatic heterocycles. The van der Waals surface area contributed by atoms with Gasteiger partial charge in [0, 0.05) is 25.1 Å². The van der Waals surface area contributed by atoms with E-state index in [1.165, 1.54) is 0 Å². The molecule has 2 fully saturated rings. The van der Waals surface area contributed by atoms with E-state index in [0.717, 1.165) is 55.4 Å². The zero-order chi connectivity index (χ0) is 27.8. The molecule has 3 amide bonds. The van der Waals surface area contributed by atoms with Crippen LogP contribution >= 0.6 is 0 Å². The van der Waals surface area contributed by atoms with Crippen molar-refractivity contribution in [1.29, 1.82) is 0 Å². The van der Waals surface area contributed by atoms with Crippen LogP contribution in [0.4, 0.5) is 0 Å². The van der Waals surface area contributed by atoms with Gasteiger partial charge >= 0.3 is 0 Å². The molecule has 2 aromatic carbocycles. The van der Waals surface area contributed by atoms with Crippen LogP contribution in [-0.4, -0.2) is 54.5 Å². The Morgan fingerprint density at radius 3 is 2.23 bits per heavy atom. The molecule has 2 aromatic rings. The Labute approximate surface area is 236 Å². The predicted molar refractivity (Wildman–Crippen MR) is 155 cm³/mol. The van der Waals surface area contributed by atoms with E-state index in [1.807, 2.05) is 66.7 Å². The lowest BCUT2D eigenvalue weighted by Crippen LogP contribution is -2.66. The minimum Gasteiger partial charge on any atom is -0.492 e. The fourth-order valence-electron chi connectivity index (χ4n) is 6.21. The van der Waals surface area contributed by atoms with Crippen LogP contribution in [0, 0.1) is 0 Å². The molecule has 0 radical (unpaired) electrons. The Balaban J connectivity index is 1.44. The summed E-state index contributed by atoms with van der Waals surface area (Å²) in [7, 11) is 0. The average molecular weight is 545 g/mol. The first kappa shape index (κ1) is 27.9. The fourth-order valence-corrected chi connectivity index (χ4v) is 6.21. The molecule has 8 nitrogen and oxygen atoms in total. The largest absolute Gasteiger partial charge is 0.492 e. The number of ether oxygens (including phenoxy) is 1. The molecule has 0 bridgehead atoms. The Hall–Kier alpha value is -3.65. The summed E-state index contributed by atoms with van der Waals surface area (Å²) in [6.07, 6.45) is 10.3. The molecule has 3 aliphatic rings. The van der Waals surface area contributed by atoms with Gasteiger partial charge in [0.25, 0.3) is 0 Å². The molecule has 0 aromatic heterocycles. The van der Waals surface area contributed by atoms with E-state index in [9.17, 15) is 14.4 Å². The summed E-state index contributed by atoms with van der Waals surface area (Å²) < 4.78 is 6.09. The van der Waals surface area contributed by atoms with Gasteiger partial charge in [-0.25, -0.2) is 0 Å². The van der Waals surface area contributed by atoms with Gasteiger partial charge in [0.05, 0.1) is 5.54 Å². The second kappa shape index (κ2) is 12.7. The molecular formula is C32H40N4O4.